The van der Waals surface area contributed by atoms with E-state index in [1.165, 1.54) is 22.8 Å². The van der Waals surface area contributed by atoms with E-state index in [1.54, 1.807) is 27.7 Å². The molecule has 1 aliphatic heterocycles. The van der Waals surface area contributed by atoms with E-state index in [4.69, 9.17) is 18.9 Å². The fraction of sp³-hybridized carbons (Fsp3) is 0.385. The second kappa shape index (κ2) is 9.46. The number of ether oxygens (including phenoxy) is 4. The normalized spacial score (nSPS) is 17.7. The lowest BCUT2D eigenvalue weighted by Gasteiger charge is -2.30. The van der Waals surface area contributed by atoms with E-state index in [2.05, 4.69) is 0 Å². The smallest absolute Gasteiger partial charge is 0.421 e. The highest BCUT2D eigenvalue weighted by Gasteiger charge is 2.41. The van der Waals surface area contributed by atoms with Crippen molar-refractivity contribution in [1.29, 1.82) is 0 Å². The van der Waals surface area contributed by atoms with E-state index in [9.17, 15) is 14.0 Å². The number of aromatic nitrogens is 1. The molecule has 8 heteroatoms. The van der Waals surface area contributed by atoms with Gasteiger partial charge in [0.25, 0.3) is 0 Å². The van der Waals surface area contributed by atoms with Gasteiger partial charge in [0, 0.05) is 24.0 Å². The number of carbonyl (C=O) groups excluding carboxylic acids is 2. The topological polar surface area (TPSA) is 76.0 Å². The zero-order chi connectivity index (χ0) is 24.5. The van der Waals surface area contributed by atoms with Crippen LogP contribution in [0.5, 0.6) is 5.88 Å². The summed E-state index contributed by atoms with van der Waals surface area (Å²) in [6.07, 6.45) is -1.32. The molecule has 0 bridgehead atoms. The number of fused-ring (bicyclic) bond motifs is 3. The fourth-order valence-corrected chi connectivity index (χ4v) is 4.02. The van der Waals surface area contributed by atoms with Crippen LogP contribution in [-0.2, 0) is 25.6 Å². The summed E-state index contributed by atoms with van der Waals surface area (Å²) < 4.78 is 38.4. The summed E-state index contributed by atoms with van der Waals surface area (Å²) in [6.45, 7) is 7.47. The number of esters is 1. The Balaban J connectivity index is 1.79. The maximum Gasteiger partial charge on any atom is 0.421 e. The van der Waals surface area contributed by atoms with Gasteiger partial charge in [0.1, 0.15) is 18.0 Å². The summed E-state index contributed by atoms with van der Waals surface area (Å²) in [4.78, 5) is 26.4. The van der Waals surface area contributed by atoms with E-state index in [0.717, 1.165) is 5.56 Å². The molecule has 2 aromatic carbocycles. The summed E-state index contributed by atoms with van der Waals surface area (Å²) >= 11 is 0. The number of hydrogen-bond donors (Lipinski definition) is 0. The molecular formula is C26H28FNO6. The Labute approximate surface area is 197 Å². The molecule has 0 amide bonds. The van der Waals surface area contributed by atoms with Crippen molar-refractivity contribution in [3.05, 3.63) is 65.5 Å². The third-order valence-corrected chi connectivity index (χ3v) is 5.38. The fourth-order valence-electron chi connectivity index (χ4n) is 4.02. The van der Waals surface area contributed by atoms with Crippen LogP contribution in [0.2, 0.25) is 0 Å². The van der Waals surface area contributed by atoms with Gasteiger partial charge in [0.15, 0.2) is 0 Å². The molecule has 0 aliphatic carbocycles. The largest absolute Gasteiger partial charge is 0.460 e. The van der Waals surface area contributed by atoms with Gasteiger partial charge in [-0.1, -0.05) is 30.3 Å². The number of rotatable bonds is 5. The minimum Gasteiger partial charge on any atom is -0.460 e. The van der Waals surface area contributed by atoms with Crippen molar-refractivity contribution in [2.75, 3.05) is 6.61 Å². The molecule has 0 N–H and O–H groups in total. The molecule has 2 atom stereocenters. The number of carbonyl (C=O) groups is 2. The van der Waals surface area contributed by atoms with Crippen LogP contribution in [0, 0.1) is 5.82 Å². The van der Waals surface area contributed by atoms with Crippen LogP contribution in [0.25, 0.3) is 10.9 Å². The molecule has 0 saturated heterocycles. The van der Waals surface area contributed by atoms with E-state index < -0.39 is 35.7 Å². The Bertz CT molecular complexity index is 1200. The summed E-state index contributed by atoms with van der Waals surface area (Å²) in [6, 6.07) is 13.3. The average molecular weight is 470 g/mol. The van der Waals surface area contributed by atoms with Crippen LogP contribution in [0.3, 0.4) is 0 Å². The SMILES string of the molecule is CCO[C@@H]1C[C@H](C(=O)OCc2ccccc2)c2c(n(C(=O)OC(C)(C)C)c3ccc(F)cc23)O1. The molecule has 0 spiro atoms. The number of hydrogen-bond acceptors (Lipinski definition) is 6. The van der Waals surface area contributed by atoms with Crippen molar-refractivity contribution in [2.45, 2.75) is 58.5 Å². The van der Waals surface area contributed by atoms with Crippen LogP contribution < -0.4 is 4.74 Å². The van der Waals surface area contributed by atoms with Crippen molar-refractivity contribution in [2.24, 2.45) is 0 Å². The monoisotopic (exact) mass is 469 g/mol. The zero-order valence-corrected chi connectivity index (χ0v) is 19.7. The minimum absolute atomic E-state index is 0.0880. The Kier molecular flexibility index (Phi) is 6.61. The standard InChI is InChI=1S/C26H28FNO6/c1-5-31-21-14-19(24(29)32-15-16-9-7-6-8-10-16)22-18-13-17(27)11-12-20(18)28(23(22)33-21)25(30)34-26(2,3)4/h6-13,19,21H,5,14-15H2,1-4H3/t19-,21-/m0/s1. The Hall–Kier alpha value is -3.39. The quantitative estimate of drug-likeness (QED) is 0.457. The van der Waals surface area contributed by atoms with Crippen LogP contribution >= 0.6 is 0 Å². The first-order valence-corrected chi connectivity index (χ1v) is 11.2. The van der Waals surface area contributed by atoms with Crippen molar-refractivity contribution in [3.8, 4) is 5.88 Å². The Morgan fingerprint density at radius 2 is 1.88 bits per heavy atom. The summed E-state index contributed by atoms with van der Waals surface area (Å²) in [7, 11) is 0. The summed E-state index contributed by atoms with van der Waals surface area (Å²) in [5, 5.41) is 0.387. The predicted molar refractivity (Wildman–Crippen MR) is 123 cm³/mol. The molecule has 2 heterocycles. The lowest BCUT2D eigenvalue weighted by Crippen LogP contribution is -2.34. The first kappa shape index (κ1) is 23.8. The molecule has 0 saturated carbocycles. The van der Waals surface area contributed by atoms with Gasteiger partial charge >= 0.3 is 12.1 Å². The lowest BCUT2D eigenvalue weighted by molar-refractivity contribution is -0.153. The third-order valence-electron chi connectivity index (χ3n) is 5.38. The molecule has 7 nitrogen and oxygen atoms in total. The highest BCUT2D eigenvalue weighted by atomic mass is 19.1. The Morgan fingerprint density at radius 3 is 2.56 bits per heavy atom. The van der Waals surface area contributed by atoms with E-state index in [-0.39, 0.29) is 18.9 Å². The molecular weight excluding hydrogens is 441 g/mol. The van der Waals surface area contributed by atoms with Crippen LogP contribution in [0.1, 0.15) is 51.2 Å². The molecule has 0 unspecified atom stereocenters. The molecule has 1 aromatic heterocycles. The average Bonchev–Trinajstić information content (AvgIpc) is 3.10. The molecule has 3 aromatic rings. The number of benzene rings is 2. The van der Waals surface area contributed by atoms with Gasteiger partial charge in [0.2, 0.25) is 12.2 Å². The van der Waals surface area contributed by atoms with Gasteiger partial charge in [-0.25, -0.2) is 13.8 Å². The van der Waals surface area contributed by atoms with E-state index >= 15 is 0 Å². The second-order valence-electron chi connectivity index (χ2n) is 9.08. The zero-order valence-electron chi connectivity index (χ0n) is 19.7. The Morgan fingerprint density at radius 1 is 1.15 bits per heavy atom. The molecule has 0 fully saturated rings. The highest BCUT2D eigenvalue weighted by molar-refractivity contribution is 5.99. The molecule has 180 valence electrons. The predicted octanol–water partition coefficient (Wildman–Crippen LogP) is 5.54. The lowest BCUT2D eigenvalue weighted by atomic mass is 9.92. The maximum absolute atomic E-state index is 14.3. The minimum atomic E-state index is -0.822. The van der Waals surface area contributed by atoms with Crippen molar-refractivity contribution in [1.82, 2.24) is 4.57 Å². The van der Waals surface area contributed by atoms with Gasteiger partial charge in [-0.05, 0) is 51.5 Å². The number of halogens is 1. The summed E-state index contributed by atoms with van der Waals surface area (Å²) in [5.41, 5.74) is 0.822. The number of nitrogens with zero attached hydrogens (tertiary/aromatic N) is 1. The first-order valence-electron chi connectivity index (χ1n) is 11.2. The van der Waals surface area contributed by atoms with Crippen molar-refractivity contribution >= 4 is 23.0 Å². The summed E-state index contributed by atoms with van der Waals surface area (Å²) in [5.74, 6) is -1.73. The third kappa shape index (κ3) is 4.92. The van der Waals surface area contributed by atoms with Gasteiger partial charge in [-0.3, -0.25) is 4.79 Å². The van der Waals surface area contributed by atoms with Gasteiger partial charge in [0.05, 0.1) is 11.4 Å². The second-order valence-corrected chi connectivity index (χ2v) is 9.08. The highest BCUT2D eigenvalue weighted by Crippen LogP contribution is 2.45. The van der Waals surface area contributed by atoms with Crippen LogP contribution in [0.15, 0.2) is 48.5 Å². The van der Waals surface area contributed by atoms with Crippen molar-refractivity contribution in [3.63, 3.8) is 0 Å². The van der Waals surface area contributed by atoms with Crippen LogP contribution in [0.4, 0.5) is 9.18 Å². The van der Waals surface area contributed by atoms with Gasteiger partial charge in [-0.2, -0.15) is 0 Å². The molecule has 4 rings (SSSR count). The van der Waals surface area contributed by atoms with Crippen molar-refractivity contribution < 1.29 is 32.9 Å². The van der Waals surface area contributed by atoms with E-state index in [1.807, 2.05) is 30.3 Å². The van der Waals surface area contributed by atoms with Crippen LogP contribution in [-0.4, -0.2) is 35.1 Å². The van der Waals surface area contributed by atoms with Gasteiger partial charge in [-0.15, -0.1) is 0 Å². The van der Waals surface area contributed by atoms with Gasteiger partial charge < -0.3 is 18.9 Å². The molecule has 34 heavy (non-hydrogen) atoms. The molecule has 1 aliphatic rings. The first-order chi connectivity index (χ1) is 16.2. The molecule has 0 radical (unpaired) electrons. The van der Waals surface area contributed by atoms with E-state index in [0.29, 0.717) is 23.1 Å². The maximum atomic E-state index is 14.3.